The Hall–Kier alpha value is -2.14. The Morgan fingerprint density at radius 2 is 2.36 bits per heavy atom. The number of aliphatic carboxylic acids is 1. The molecular weight excluding hydrogens is 304 g/mol. The molecule has 2 atom stereocenters. The van der Waals surface area contributed by atoms with Gasteiger partial charge in [0.05, 0.1) is 11.1 Å². The van der Waals surface area contributed by atoms with Gasteiger partial charge in [-0.15, -0.1) is 0 Å². The number of hydrogen-bond donors (Lipinski definition) is 2. The molecule has 0 spiro atoms. The number of rotatable bonds is 2. The molecule has 2 aliphatic rings. The van der Waals surface area contributed by atoms with E-state index in [-0.39, 0.29) is 18.5 Å². The summed E-state index contributed by atoms with van der Waals surface area (Å²) in [5.74, 6) is -0.786. The molecule has 0 radical (unpaired) electrons. The predicted octanol–water partition coefficient (Wildman–Crippen LogP) is 2.04. The van der Waals surface area contributed by atoms with Gasteiger partial charge < -0.3 is 10.0 Å². The summed E-state index contributed by atoms with van der Waals surface area (Å²) < 4.78 is 4.06. The molecule has 116 valence electrons. The van der Waals surface area contributed by atoms with Crippen LogP contribution in [0.1, 0.15) is 30.5 Å². The highest BCUT2D eigenvalue weighted by Gasteiger charge is 2.55. The minimum Gasteiger partial charge on any atom is -0.481 e. The Morgan fingerprint density at radius 3 is 3.00 bits per heavy atom. The lowest BCUT2D eigenvalue weighted by molar-refractivity contribution is -0.149. The number of carboxylic acids is 1. The minimum atomic E-state index is -0.809. The summed E-state index contributed by atoms with van der Waals surface area (Å²) in [4.78, 5) is 25.6. The van der Waals surface area contributed by atoms with Crippen LogP contribution < -0.4 is 5.32 Å². The second kappa shape index (κ2) is 5.25. The third-order valence-electron chi connectivity index (χ3n) is 4.78. The second-order valence-electron chi connectivity index (χ2n) is 5.95. The monoisotopic (exact) mass is 320 g/mol. The van der Waals surface area contributed by atoms with E-state index in [1.807, 2.05) is 6.07 Å². The first-order chi connectivity index (χ1) is 10.5. The molecule has 0 unspecified atom stereocenters. The number of anilines is 1. The van der Waals surface area contributed by atoms with Gasteiger partial charge in [0.25, 0.3) is 0 Å². The van der Waals surface area contributed by atoms with Gasteiger partial charge >= 0.3 is 12.0 Å². The SMILES string of the molecule is Cc1nsc(NC(=O)N2C[C@@H]3CCC[C@@]3(C(=O)O)C2)c1C#N. The molecule has 7 nitrogen and oxygen atoms in total. The topological polar surface area (TPSA) is 106 Å². The first-order valence-electron chi connectivity index (χ1n) is 7.13. The van der Waals surface area contributed by atoms with Crippen LogP contribution in [0.2, 0.25) is 0 Å². The smallest absolute Gasteiger partial charge is 0.322 e. The maximum Gasteiger partial charge on any atom is 0.322 e. The Balaban J connectivity index is 1.75. The van der Waals surface area contributed by atoms with Crippen molar-refractivity contribution in [3.63, 3.8) is 0 Å². The molecule has 1 aromatic heterocycles. The van der Waals surface area contributed by atoms with Crippen molar-refractivity contribution in [2.24, 2.45) is 11.3 Å². The van der Waals surface area contributed by atoms with Gasteiger partial charge in [-0.3, -0.25) is 10.1 Å². The zero-order valence-electron chi connectivity index (χ0n) is 12.1. The third-order valence-corrected chi connectivity index (χ3v) is 5.63. The number of carbonyl (C=O) groups is 2. The van der Waals surface area contributed by atoms with Crippen LogP contribution in [0, 0.1) is 29.6 Å². The lowest BCUT2D eigenvalue weighted by Gasteiger charge is -2.23. The molecular formula is C14H16N4O3S. The van der Waals surface area contributed by atoms with Crippen LogP contribution in [0.5, 0.6) is 0 Å². The molecule has 8 heteroatoms. The quantitative estimate of drug-likeness (QED) is 0.867. The fourth-order valence-electron chi connectivity index (χ4n) is 3.56. The van der Waals surface area contributed by atoms with E-state index in [0.29, 0.717) is 29.2 Å². The van der Waals surface area contributed by atoms with Crippen LogP contribution in [-0.2, 0) is 4.79 Å². The molecule has 22 heavy (non-hydrogen) atoms. The van der Waals surface area contributed by atoms with E-state index in [0.717, 1.165) is 24.4 Å². The summed E-state index contributed by atoms with van der Waals surface area (Å²) >= 11 is 1.07. The van der Waals surface area contributed by atoms with Crippen molar-refractivity contribution in [3.05, 3.63) is 11.3 Å². The van der Waals surface area contributed by atoms with Gasteiger partial charge in [-0.25, -0.2) is 4.79 Å². The highest BCUT2D eigenvalue weighted by Crippen LogP contribution is 2.49. The van der Waals surface area contributed by atoms with Gasteiger partial charge in [0.15, 0.2) is 0 Å². The molecule has 1 aliphatic heterocycles. The molecule has 1 aromatic rings. The van der Waals surface area contributed by atoms with Gasteiger partial charge in [-0.1, -0.05) is 6.42 Å². The summed E-state index contributed by atoms with van der Waals surface area (Å²) in [6.07, 6.45) is 2.37. The zero-order valence-corrected chi connectivity index (χ0v) is 12.9. The number of hydrogen-bond acceptors (Lipinski definition) is 5. The standard InChI is InChI=1S/C14H16N4O3S/c1-8-10(5-15)11(22-17-8)16-13(21)18-6-9-3-2-4-14(9,7-18)12(19)20/h9H,2-4,6-7H2,1H3,(H,16,21)(H,19,20)/t9-,14+/m0/s1. The Kier molecular flexibility index (Phi) is 3.53. The van der Waals surface area contributed by atoms with Gasteiger partial charge in [0.2, 0.25) is 0 Å². The maximum atomic E-state index is 12.4. The van der Waals surface area contributed by atoms with Crippen molar-refractivity contribution < 1.29 is 14.7 Å². The Morgan fingerprint density at radius 1 is 1.59 bits per heavy atom. The van der Waals surface area contributed by atoms with Crippen molar-refractivity contribution in [2.75, 3.05) is 18.4 Å². The van der Waals surface area contributed by atoms with Crippen LogP contribution in [0.4, 0.5) is 9.80 Å². The van der Waals surface area contributed by atoms with E-state index in [4.69, 9.17) is 5.26 Å². The van der Waals surface area contributed by atoms with Crippen molar-refractivity contribution in [1.29, 1.82) is 5.26 Å². The number of nitrogens with zero attached hydrogens (tertiary/aromatic N) is 3. The molecule has 2 heterocycles. The summed E-state index contributed by atoms with van der Waals surface area (Å²) in [6, 6.07) is 1.67. The van der Waals surface area contributed by atoms with Gasteiger partial charge in [-0.05, 0) is 37.2 Å². The first kappa shape index (κ1) is 14.8. The van der Waals surface area contributed by atoms with E-state index >= 15 is 0 Å². The summed E-state index contributed by atoms with van der Waals surface area (Å²) in [6.45, 7) is 2.40. The van der Waals surface area contributed by atoms with Crippen molar-refractivity contribution >= 4 is 28.5 Å². The number of carbonyl (C=O) groups excluding carboxylic acids is 1. The largest absolute Gasteiger partial charge is 0.481 e. The lowest BCUT2D eigenvalue weighted by atomic mass is 9.81. The molecule has 1 saturated heterocycles. The number of aryl methyl sites for hydroxylation is 1. The number of aromatic nitrogens is 1. The fourth-order valence-corrected chi connectivity index (χ4v) is 4.29. The number of likely N-dealkylation sites (tertiary alicyclic amines) is 1. The Bertz CT molecular complexity index is 680. The van der Waals surface area contributed by atoms with Crippen LogP contribution in [0.15, 0.2) is 0 Å². The number of carboxylic acid groups (broad SMARTS) is 1. The average molecular weight is 320 g/mol. The summed E-state index contributed by atoms with van der Waals surface area (Å²) in [7, 11) is 0. The van der Waals surface area contributed by atoms with Gasteiger partial charge in [0.1, 0.15) is 16.6 Å². The zero-order chi connectivity index (χ0) is 15.9. The molecule has 0 aromatic carbocycles. The number of fused-ring (bicyclic) bond motifs is 1. The summed E-state index contributed by atoms with van der Waals surface area (Å²) in [5.41, 5.74) is 0.160. The molecule has 2 amide bonds. The predicted molar refractivity (Wildman–Crippen MR) is 79.6 cm³/mol. The molecule has 0 bridgehead atoms. The molecule has 2 N–H and O–H groups in total. The van der Waals surface area contributed by atoms with E-state index in [2.05, 4.69) is 9.69 Å². The molecule has 1 saturated carbocycles. The van der Waals surface area contributed by atoms with Crippen LogP contribution in [0.25, 0.3) is 0 Å². The van der Waals surface area contributed by atoms with E-state index in [1.54, 1.807) is 11.8 Å². The molecule has 2 fully saturated rings. The van der Waals surface area contributed by atoms with Gasteiger partial charge in [0, 0.05) is 13.1 Å². The van der Waals surface area contributed by atoms with E-state index < -0.39 is 11.4 Å². The van der Waals surface area contributed by atoms with Crippen molar-refractivity contribution in [1.82, 2.24) is 9.27 Å². The van der Waals surface area contributed by atoms with Crippen molar-refractivity contribution in [2.45, 2.75) is 26.2 Å². The molecule has 3 rings (SSSR count). The third kappa shape index (κ3) is 2.13. The van der Waals surface area contributed by atoms with Gasteiger partial charge in [-0.2, -0.15) is 9.64 Å². The Labute approximate surface area is 131 Å². The average Bonchev–Trinajstić information content (AvgIpc) is 3.11. The molecule has 1 aliphatic carbocycles. The normalized spacial score (nSPS) is 26.5. The van der Waals surface area contributed by atoms with E-state index in [1.165, 1.54) is 0 Å². The number of nitriles is 1. The summed E-state index contributed by atoms with van der Waals surface area (Å²) in [5, 5.41) is 21.7. The van der Waals surface area contributed by atoms with Crippen LogP contribution >= 0.6 is 11.5 Å². The van der Waals surface area contributed by atoms with Crippen molar-refractivity contribution in [3.8, 4) is 6.07 Å². The first-order valence-corrected chi connectivity index (χ1v) is 7.91. The van der Waals surface area contributed by atoms with E-state index in [9.17, 15) is 14.7 Å². The fraction of sp³-hybridized carbons (Fsp3) is 0.571. The highest BCUT2D eigenvalue weighted by atomic mass is 32.1. The lowest BCUT2D eigenvalue weighted by Crippen LogP contribution is -2.38. The van der Waals surface area contributed by atoms with Crippen LogP contribution in [-0.4, -0.2) is 39.5 Å². The number of amides is 2. The number of urea groups is 1. The minimum absolute atomic E-state index is 0.0226. The highest BCUT2D eigenvalue weighted by molar-refractivity contribution is 7.10. The van der Waals surface area contributed by atoms with Crippen LogP contribution in [0.3, 0.4) is 0 Å². The maximum absolute atomic E-state index is 12.4. The number of nitrogens with one attached hydrogen (secondary N) is 1. The second-order valence-corrected chi connectivity index (χ2v) is 6.72.